The lowest BCUT2D eigenvalue weighted by atomic mass is 9.88. The van der Waals surface area contributed by atoms with Crippen LogP contribution >= 0.6 is 47.8 Å². The van der Waals surface area contributed by atoms with E-state index in [4.69, 9.17) is 14.5 Å². The van der Waals surface area contributed by atoms with Crippen LogP contribution in [0.5, 0.6) is 11.5 Å². The molecule has 2 aromatic carbocycles. The number of halogens is 3. The van der Waals surface area contributed by atoms with Crippen molar-refractivity contribution in [2.45, 2.75) is 38.0 Å². The molecular formula is C25H24Br3N3O5. The largest absolute Gasteiger partial charge is 0.493 e. The van der Waals surface area contributed by atoms with Gasteiger partial charge in [-0.25, -0.2) is 9.78 Å². The van der Waals surface area contributed by atoms with E-state index in [0.717, 1.165) is 30.2 Å². The topological polar surface area (TPSA) is 92.0 Å². The third-order valence-corrected chi connectivity index (χ3v) is 8.69. The van der Waals surface area contributed by atoms with Gasteiger partial charge in [0.2, 0.25) is 0 Å². The van der Waals surface area contributed by atoms with Crippen LogP contribution in [0.3, 0.4) is 0 Å². The summed E-state index contributed by atoms with van der Waals surface area (Å²) in [7, 11) is 2.79. The molecule has 8 nitrogen and oxygen atoms in total. The molecule has 4 rings (SSSR count). The molecule has 1 saturated carbocycles. The first-order valence-corrected chi connectivity index (χ1v) is 13.7. The molecule has 0 amide bonds. The summed E-state index contributed by atoms with van der Waals surface area (Å²) in [6.07, 6.45) is 6.92. The average Bonchev–Trinajstić information content (AvgIpc) is 2.90. The van der Waals surface area contributed by atoms with Gasteiger partial charge in [-0.1, -0.05) is 35.2 Å². The van der Waals surface area contributed by atoms with Gasteiger partial charge >= 0.3 is 5.97 Å². The van der Waals surface area contributed by atoms with Gasteiger partial charge in [-0.2, -0.15) is 9.78 Å². The zero-order chi connectivity index (χ0) is 25.8. The van der Waals surface area contributed by atoms with Crippen LogP contribution < -0.4 is 15.0 Å². The molecule has 11 heteroatoms. The van der Waals surface area contributed by atoms with Gasteiger partial charge in [0.15, 0.2) is 18.1 Å². The van der Waals surface area contributed by atoms with Gasteiger partial charge in [0.05, 0.1) is 35.8 Å². The van der Waals surface area contributed by atoms with Crippen LogP contribution in [0.15, 0.2) is 47.6 Å². The molecule has 36 heavy (non-hydrogen) atoms. The Labute approximate surface area is 233 Å². The maximum absolute atomic E-state index is 13.6. The lowest BCUT2D eigenvalue weighted by molar-refractivity contribution is -0.142. The van der Waals surface area contributed by atoms with Crippen molar-refractivity contribution in [3.63, 3.8) is 0 Å². The molecule has 0 saturated heterocycles. The molecule has 0 bridgehead atoms. The third-order valence-electron chi connectivity index (χ3n) is 6.05. The molecule has 0 unspecified atom stereocenters. The molecule has 1 aliphatic carbocycles. The first-order chi connectivity index (χ1) is 17.3. The number of hydrogen-bond donors (Lipinski definition) is 0. The van der Waals surface area contributed by atoms with E-state index in [9.17, 15) is 9.59 Å². The number of hydrogen-bond acceptors (Lipinski definition) is 7. The minimum atomic E-state index is -0.518. The summed E-state index contributed by atoms with van der Waals surface area (Å²) in [5.74, 6) is 1.04. The van der Waals surface area contributed by atoms with E-state index >= 15 is 0 Å². The van der Waals surface area contributed by atoms with E-state index in [1.165, 1.54) is 25.3 Å². The molecule has 0 radical (unpaired) electrons. The minimum Gasteiger partial charge on any atom is -0.493 e. The third kappa shape index (κ3) is 5.68. The monoisotopic (exact) mass is 683 g/mol. The van der Waals surface area contributed by atoms with Crippen molar-refractivity contribution in [1.82, 2.24) is 9.66 Å². The molecule has 0 atom stereocenters. The summed E-state index contributed by atoms with van der Waals surface area (Å²) in [6.45, 7) is -0.274. The Hall–Kier alpha value is -2.24. The van der Waals surface area contributed by atoms with Crippen LogP contribution in [0.1, 0.15) is 49.4 Å². The van der Waals surface area contributed by atoms with Crippen LogP contribution in [0.4, 0.5) is 0 Å². The minimum absolute atomic E-state index is 0.162. The standard InChI is InChI=1S/C25H24Br3N3O5/c1-34-19-10-15(21(27)22(28)23(19)36-13-20(32)35-2)12-29-31-24(14-6-4-3-5-7-14)30-18-9-8-16(26)11-17(18)25(31)33/h8-12,14H,3-7,13H2,1-2H3. The van der Waals surface area contributed by atoms with Crippen LogP contribution in [-0.4, -0.2) is 42.7 Å². The maximum Gasteiger partial charge on any atom is 0.343 e. The van der Waals surface area contributed by atoms with Gasteiger partial charge in [-0.15, -0.1) is 0 Å². The Kier molecular flexibility index (Phi) is 8.84. The van der Waals surface area contributed by atoms with Crippen LogP contribution in [0.25, 0.3) is 10.9 Å². The van der Waals surface area contributed by atoms with E-state index in [-0.39, 0.29) is 18.1 Å². The van der Waals surface area contributed by atoms with E-state index in [1.807, 2.05) is 12.1 Å². The Morgan fingerprint density at radius 1 is 1.14 bits per heavy atom. The van der Waals surface area contributed by atoms with Crippen LogP contribution in [0.2, 0.25) is 0 Å². The van der Waals surface area contributed by atoms with Crippen molar-refractivity contribution in [1.29, 1.82) is 0 Å². The molecule has 0 N–H and O–H groups in total. The molecule has 3 aromatic rings. The zero-order valence-corrected chi connectivity index (χ0v) is 24.5. The molecule has 1 fully saturated rings. The van der Waals surface area contributed by atoms with Gasteiger partial charge in [0.1, 0.15) is 5.82 Å². The van der Waals surface area contributed by atoms with Gasteiger partial charge < -0.3 is 14.2 Å². The first kappa shape index (κ1) is 26.8. The smallest absolute Gasteiger partial charge is 0.343 e. The van der Waals surface area contributed by atoms with E-state index in [1.54, 1.807) is 18.3 Å². The number of ether oxygens (including phenoxy) is 3. The van der Waals surface area contributed by atoms with Crippen molar-refractivity contribution < 1.29 is 19.0 Å². The number of rotatable bonds is 7. The summed E-state index contributed by atoms with van der Waals surface area (Å²) in [5, 5.41) is 5.10. The molecule has 0 aliphatic heterocycles. The summed E-state index contributed by atoms with van der Waals surface area (Å²) in [6, 6.07) is 7.22. The molecule has 1 heterocycles. The van der Waals surface area contributed by atoms with Crippen LogP contribution in [0, 0.1) is 0 Å². The lowest BCUT2D eigenvalue weighted by Crippen LogP contribution is -2.25. The summed E-state index contributed by atoms with van der Waals surface area (Å²) in [5.41, 5.74) is 1.08. The predicted molar refractivity (Wildman–Crippen MR) is 148 cm³/mol. The highest BCUT2D eigenvalue weighted by Crippen LogP contribution is 2.42. The van der Waals surface area contributed by atoms with Gasteiger partial charge in [0, 0.05) is 20.4 Å². The second kappa shape index (κ2) is 11.9. The maximum atomic E-state index is 13.6. The Bertz CT molecular complexity index is 1380. The SMILES string of the molecule is COC(=O)COc1c(OC)cc(C=Nn2c(C3CCCCC3)nc3ccc(Br)cc3c2=O)c(Br)c1Br. The Morgan fingerprint density at radius 3 is 2.58 bits per heavy atom. The molecule has 1 aliphatic rings. The second-order valence-corrected chi connectivity index (χ2v) is 10.8. The highest BCUT2D eigenvalue weighted by Gasteiger charge is 2.23. The zero-order valence-electron chi connectivity index (χ0n) is 19.7. The molecule has 0 spiro atoms. The second-order valence-electron chi connectivity index (χ2n) is 8.32. The van der Waals surface area contributed by atoms with E-state index in [2.05, 4.69) is 57.6 Å². The number of carbonyl (C=O) groups excluding carboxylic acids is 1. The summed E-state index contributed by atoms with van der Waals surface area (Å²) in [4.78, 5) is 30.0. The van der Waals surface area contributed by atoms with Crippen molar-refractivity contribution in [2.24, 2.45) is 5.10 Å². The predicted octanol–water partition coefficient (Wildman–Crippen LogP) is 6.17. The number of carbonyl (C=O) groups is 1. The quantitative estimate of drug-likeness (QED) is 0.218. The van der Waals surface area contributed by atoms with Crippen molar-refractivity contribution >= 4 is 70.9 Å². The van der Waals surface area contributed by atoms with Crippen molar-refractivity contribution in [3.05, 3.63) is 59.4 Å². The van der Waals surface area contributed by atoms with Crippen molar-refractivity contribution in [2.75, 3.05) is 20.8 Å². The number of esters is 1. The van der Waals surface area contributed by atoms with Gasteiger partial charge in [-0.05, 0) is 69.0 Å². The Balaban J connectivity index is 1.80. The van der Waals surface area contributed by atoms with Crippen molar-refractivity contribution in [3.8, 4) is 11.5 Å². The summed E-state index contributed by atoms with van der Waals surface area (Å²) < 4.78 is 19.1. The Morgan fingerprint density at radius 2 is 1.89 bits per heavy atom. The fraction of sp³-hybridized carbons (Fsp3) is 0.360. The van der Waals surface area contributed by atoms with Gasteiger partial charge in [-0.3, -0.25) is 4.79 Å². The molecule has 190 valence electrons. The highest BCUT2D eigenvalue weighted by molar-refractivity contribution is 9.13. The number of fused-ring (bicyclic) bond motifs is 1. The first-order valence-electron chi connectivity index (χ1n) is 11.4. The van der Waals surface area contributed by atoms with Gasteiger partial charge in [0.25, 0.3) is 5.56 Å². The highest BCUT2D eigenvalue weighted by atomic mass is 79.9. The van der Waals surface area contributed by atoms with Crippen LogP contribution in [-0.2, 0) is 9.53 Å². The number of nitrogens with zero attached hydrogens (tertiary/aromatic N) is 3. The van der Waals surface area contributed by atoms with E-state index in [0.29, 0.717) is 42.7 Å². The fourth-order valence-corrected chi connectivity index (χ4v) is 5.49. The normalized spacial score (nSPS) is 14.4. The summed E-state index contributed by atoms with van der Waals surface area (Å²) >= 11 is 10.5. The molecule has 1 aromatic heterocycles. The fourth-order valence-electron chi connectivity index (χ4n) is 4.20. The van der Waals surface area contributed by atoms with E-state index < -0.39 is 5.97 Å². The lowest BCUT2D eigenvalue weighted by Gasteiger charge is -2.22. The number of benzene rings is 2. The number of methoxy groups -OCH3 is 2. The average molecular weight is 686 g/mol. The number of aromatic nitrogens is 2. The molecular weight excluding hydrogens is 662 g/mol.